The van der Waals surface area contributed by atoms with Gasteiger partial charge in [-0.05, 0) is 61.9 Å². The molecular formula is C26H31N5O3. The molecule has 0 bridgehead atoms. The summed E-state index contributed by atoms with van der Waals surface area (Å²) in [5, 5.41) is 7.02. The van der Waals surface area contributed by atoms with Gasteiger partial charge in [-0.25, -0.2) is 0 Å². The second kappa shape index (κ2) is 10.5. The van der Waals surface area contributed by atoms with Crippen molar-refractivity contribution in [3.63, 3.8) is 0 Å². The maximum Gasteiger partial charge on any atom is 0.254 e. The Kier molecular flexibility index (Phi) is 7.25. The van der Waals surface area contributed by atoms with Crippen LogP contribution >= 0.6 is 0 Å². The molecule has 2 aromatic heterocycles. The number of amides is 2. The third kappa shape index (κ3) is 5.62. The van der Waals surface area contributed by atoms with Crippen LogP contribution < -0.4 is 10.1 Å². The molecule has 8 heteroatoms. The molecule has 3 aromatic rings. The number of likely N-dealkylation sites (tertiary alicyclic amines) is 1. The van der Waals surface area contributed by atoms with Gasteiger partial charge in [-0.1, -0.05) is 6.07 Å². The molecule has 0 atom stereocenters. The zero-order chi connectivity index (χ0) is 24.1. The molecule has 178 valence electrons. The van der Waals surface area contributed by atoms with E-state index in [4.69, 9.17) is 4.74 Å². The van der Waals surface area contributed by atoms with E-state index in [2.05, 4.69) is 15.4 Å². The molecule has 2 amide bonds. The topological polar surface area (TPSA) is 89.4 Å². The summed E-state index contributed by atoms with van der Waals surface area (Å²) in [4.78, 5) is 31.4. The van der Waals surface area contributed by atoms with E-state index >= 15 is 0 Å². The van der Waals surface area contributed by atoms with Gasteiger partial charge in [-0.3, -0.25) is 19.3 Å². The van der Waals surface area contributed by atoms with Crippen LogP contribution in [0.15, 0.2) is 49.1 Å². The molecule has 1 aliphatic rings. The quantitative estimate of drug-likeness (QED) is 0.583. The number of ether oxygens (including phenoxy) is 1. The number of benzene rings is 1. The summed E-state index contributed by atoms with van der Waals surface area (Å²) in [6, 6.07) is 7.68. The first-order valence-electron chi connectivity index (χ1n) is 11.6. The number of carbonyl (C=O) groups is 2. The van der Waals surface area contributed by atoms with Crippen molar-refractivity contribution < 1.29 is 14.3 Å². The number of piperidine rings is 1. The van der Waals surface area contributed by atoms with Gasteiger partial charge in [0.2, 0.25) is 0 Å². The van der Waals surface area contributed by atoms with Crippen LogP contribution in [-0.4, -0.2) is 51.1 Å². The Morgan fingerprint density at radius 1 is 1.12 bits per heavy atom. The molecule has 0 aliphatic carbocycles. The normalized spacial score (nSPS) is 14.1. The Labute approximate surface area is 199 Å². The van der Waals surface area contributed by atoms with Gasteiger partial charge in [0.1, 0.15) is 12.4 Å². The lowest BCUT2D eigenvalue weighted by Gasteiger charge is -2.32. The van der Waals surface area contributed by atoms with Crippen molar-refractivity contribution in [2.45, 2.75) is 33.3 Å². The summed E-state index contributed by atoms with van der Waals surface area (Å²) in [5.74, 6) is 1.10. The van der Waals surface area contributed by atoms with Gasteiger partial charge in [0.05, 0.1) is 11.8 Å². The molecule has 3 heterocycles. The third-order valence-corrected chi connectivity index (χ3v) is 6.23. The maximum absolute atomic E-state index is 13.2. The van der Waals surface area contributed by atoms with Gasteiger partial charge < -0.3 is 15.0 Å². The molecule has 0 spiro atoms. The van der Waals surface area contributed by atoms with Gasteiger partial charge in [-0.15, -0.1) is 0 Å². The van der Waals surface area contributed by atoms with E-state index in [9.17, 15) is 9.59 Å². The second-order valence-corrected chi connectivity index (χ2v) is 8.94. The van der Waals surface area contributed by atoms with Gasteiger partial charge in [0, 0.05) is 56.4 Å². The fraction of sp³-hybridized carbons (Fsp3) is 0.385. The molecule has 1 N–H and O–H groups in total. The number of aryl methyl sites for hydroxylation is 3. The van der Waals surface area contributed by atoms with E-state index < -0.39 is 0 Å². The monoisotopic (exact) mass is 461 g/mol. The number of nitrogens with zero attached hydrogens (tertiary/aromatic N) is 4. The number of rotatable bonds is 7. The zero-order valence-electron chi connectivity index (χ0n) is 20.0. The van der Waals surface area contributed by atoms with E-state index in [1.165, 1.54) is 0 Å². The minimum atomic E-state index is -0.108. The Morgan fingerprint density at radius 3 is 2.47 bits per heavy atom. The van der Waals surface area contributed by atoms with Crippen LogP contribution in [-0.2, 0) is 13.7 Å². The summed E-state index contributed by atoms with van der Waals surface area (Å²) in [6.07, 6.45) is 8.52. The van der Waals surface area contributed by atoms with Crippen molar-refractivity contribution in [2.24, 2.45) is 13.0 Å². The number of nitrogens with one attached hydrogen (secondary N) is 1. The van der Waals surface area contributed by atoms with Gasteiger partial charge >= 0.3 is 0 Å². The molecule has 1 fully saturated rings. The average Bonchev–Trinajstić information content (AvgIpc) is 3.29. The second-order valence-electron chi connectivity index (χ2n) is 8.94. The predicted molar refractivity (Wildman–Crippen MR) is 129 cm³/mol. The Bertz CT molecular complexity index is 1130. The smallest absolute Gasteiger partial charge is 0.254 e. The van der Waals surface area contributed by atoms with Gasteiger partial charge in [0.25, 0.3) is 11.8 Å². The van der Waals surface area contributed by atoms with Crippen molar-refractivity contribution in [3.05, 3.63) is 76.9 Å². The number of hydrogen-bond donors (Lipinski definition) is 1. The number of hydrogen-bond acceptors (Lipinski definition) is 5. The molecule has 1 aliphatic heterocycles. The lowest BCUT2D eigenvalue weighted by atomic mass is 9.95. The van der Waals surface area contributed by atoms with E-state index in [1.807, 2.05) is 43.0 Å². The summed E-state index contributed by atoms with van der Waals surface area (Å²) in [6.45, 7) is 6.36. The van der Waals surface area contributed by atoms with Crippen LogP contribution in [0.1, 0.15) is 50.2 Å². The van der Waals surface area contributed by atoms with E-state index in [0.717, 1.165) is 35.3 Å². The zero-order valence-corrected chi connectivity index (χ0v) is 20.0. The minimum Gasteiger partial charge on any atom is -0.488 e. The van der Waals surface area contributed by atoms with Crippen LogP contribution in [0.5, 0.6) is 5.75 Å². The molecule has 0 radical (unpaired) electrons. The van der Waals surface area contributed by atoms with Crippen molar-refractivity contribution in [3.8, 4) is 5.75 Å². The summed E-state index contributed by atoms with van der Waals surface area (Å²) >= 11 is 0. The largest absolute Gasteiger partial charge is 0.488 e. The van der Waals surface area contributed by atoms with E-state index in [1.54, 1.807) is 36.5 Å². The van der Waals surface area contributed by atoms with Crippen LogP contribution in [0.4, 0.5) is 0 Å². The average molecular weight is 462 g/mol. The van der Waals surface area contributed by atoms with Crippen molar-refractivity contribution in [2.75, 3.05) is 19.6 Å². The highest BCUT2D eigenvalue weighted by Gasteiger charge is 2.25. The highest BCUT2D eigenvalue weighted by atomic mass is 16.5. The van der Waals surface area contributed by atoms with Gasteiger partial charge in [-0.2, -0.15) is 5.10 Å². The summed E-state index contributed by atoms with van der Waals surface area (Å²) in [5.41, 5.74) is 4.14. The summed E-state index contributed by atoms with van der Waals surface area (Å²) < 4.78 is 7.64. The standard InChI is InChI=1S/C26H31N5O3/c1-18-11-22(12-19(2)24(18)34-17-21-5-4-8-27-13-21)26(33)31-9-6-20(7-10-31)14-28-25(32)23-15-29-30(3)16-23/h4-5,8,11-13,15-16,20H,6-7,9-10,14,17H2,1-3H3,(H,28,32). The van der Waals surface area contributed by atoms with Crippen molar-refractivity contribution in [1.29, 1.82) is 0 Å². The fourth-order valence-corrected chi connectivity index (χ4v) is 4.34. The molecule has 34 heavy (non-hydrogen) atoms. The Hall–Kier alpha value is -3.68. The lowest BCUT2D eigenvalue weighted by molar-refractivity contribution is 0.0684. The Balaban J connectivity index is 1.29. The first kappa shape index (κ1) is 23.5. The molecule has 4 rings (SSSR count). The van der Waals surface area contributed by atoms with Crippen molar-refractivity contribution >= 4 is 11.8 Å². The predicted octanol–water partition coefficient (Wildman–Crippen LogP) is 3.29. The van der Waals surface area contributed by atoms with Crippen LogP contribution in [0, 0.1) is 19.8 Å². The number of pyridine rings is 1. The Morgan fingerprint density at radius 2 is 1.85 bits per heavy atom. The SMILES string of the molecule is Cc1cc(C(=O)N2CCC(CNC(=O)c3cnn(C)c3)CC2)cc(C)c1OCc1cccnc1. The van der Waals surface area contributed by atoms with Crippen LogP contribution in [0.25, 0.3) is 0 Å². The maximum atomic E-state index is 13.2. The number of carbonyl (C=O) groups excluding carboxylic acids is 2. The van der Waals surface area contributed by atoms with Crippen LogP contribution in [0.2, 0.25) is 0 Å². The molecule has 1 aromatic carbocycles. The van der Waals surface area contributed by atoms with Crippen molar-refractivity contribution in [1.82, 2.24) is 25.0 Å². The molecule has 0 saturated carbocycles. The summed E-state index contributed by atoms with van der Waals surface area (Å²) in [7, 11) is 1.79. The first-order chi connectivity index (χ1) is 16.4. The number of aromatic nitrogens is 3. The lowest BCUT2D eigenvalue weighted by Crippen LogP contribution is -2.41. The molecule has 1 saturated heterocycles. The van der Waals surface area contributed by atoms with E-state index in [-0.39, 0.29) is 11.8 Å². The molecule has 0 unspecified atom stereocenters. The highest BCUT2D eigenvalue weighted by molar-refractivity contribution is 5.95. The minimum absolute atomic E-state index is 0.0443. The molecular weight excluding hydrogens is 430 g/mol. The third-order valence-electron chi connectivity index (χ3n) is 6.23. The molecule has 8 nitrogen and oxygen atoms in total. The van der Waals surface area contributed by atoms with E-state index in [0.29, 0.717) is 43.3 Å². The highest BCUT2D eigenvalue weighted by Crippen LogP contribution is 2.27. The first-order valence-corrected chi connectivity index (χ1v) is 11.6. The van der Waals surface area contributed by atoms with Gasteiger partial charge in [0.15, 0.2) is 0 Å². The fourth-order valence-electron chi connectivity index (χ4n) is 4.34. The van der Waals surface area contributed by atoms with Crippen LogP contribution in [0.3, 0.4) is 0 Å².